The van der Waals surface area contributed by atoms with Gasteiger partial charge in [-0.25, -0.2) is 4.98 Å². The third kappa shape index (κ3) is 4.72. The lowest BCUT2D eigenvalue weighted by molar-refractivity contribution is -0.137. The monoisotopic (exact) mass is 409 g/mol. The first-order valence-electron chi connectivity index (χ1n) is 8.11. The minimum Gasteiger partial charge on any atom is -0.368 e. The average Bonchev–Trinajstić information content (AvgIpc) is 2.65. The summed E-state index contributed by atoms with van der Waals surface area (Å²) in [7, 11) is 1.57. The molecular formula is C18H18F3N5OS. The summed E-state index contributed by atoms with van der Waals surface area (Å²) in [5, 5.41) is 9.81. The van der Waals surface area contributed by atoms with Crippen LogP contribution in [-0.4, -0.2) is 35.1 Å². The lowest BCUT2D eigenvalue weighted by atomic mass is 10.0. The van der Waals surface area contributed by atoms with Gasteiger partial charge in [-0.2, -0.15) is 23.4 Å². The maximum absolute atomic E-state index is 12.9. The van der Waals surface area contributed by atoms with Gasteiger partial charge < -0.3 is 10.6 Å². The molecular weight excluding hydrogens is 391 g/mol. The van der Waals surface area contributed by atoms with E-state index < -0.39 is 17.8 Å². The molecule has 1 aromatic carbocycles. The normalized spacial score (nSPS) is 12.3. The van der Waals surface area contributed by atoms with E-state index in [4.69, 9.17) is 5.73 Å². The van der Waals surface area contributed by atoms with Crippen molar-refractivity contribution in [1.82, 2.24) is 9.97 Å². The van der Waals surface area contributed by atoms with E-state index >= 15 is 0 Å². The lowest BCUT2D eigenvalue weighted by Gasteiger charge is -2.26. The fourth-order valence-electron chi connectivity index (χ4n) is 2.55. The summed E-state index contributed by atoms with van der Waals surface area (Å²) in [4.78, 5) is 22.2. The predicted molar refractivity (Wildman–Crippen MR) is 101 cm³/mol. The number of alkyl halides is 3. The number of nitrogen functional groups attached to an aromatic ring is 1. The molecule has 1 atom stereocenters. The maximum Gasteiger partial charge on any atom is 0.416 e. The lowest BCUT2D eigenvalue weighted by Crippen LogP contribution is -2.38. The van der Waals surface area contributed by atoms with Crippen molar-refractivity contribution in [3.05, 3.63) is 41.0 Å². The first-order valence-corrected chi connectivity index (χ1v) is 9.34. The molecule has 0 saturated heterocycles. The first kappa shape index (κ1) is 21.5. The van der Waals surface area contributed by atoms with Crippen LogP contribution in [0.5, 0.6) is 0 Å². The summed E-state index contributed by atoms with van der Waals surface area (Å²) in [5.41, 5.74) is 5.32. The van der Waals surface area contributed by atoms with Crippen molar-refractivity contribution in [2.45, 2.75) is 30.6 Å². The van der Waals surface area contributed by atoms with Crippen molar-refractivity contribution >= 4 is 29.3 Å². The van der Waals surface area contributed by atoms with Gasteiger partial charge in [-0.15, -0.1) is 11.8 Å². The van der Waals surface area contributed by atoms with Crippen molar-refractivity contribution in [3.8, 4) is 6.07 Å². The van der Waals surface area contributed by atoms with E-state index in [1.165, 1.54) is 28.8 Å². The number of likely N-dealkylation sites (N-methyl/N-ethyl adjacent to an activating group) is 1. The molecule has 0 saturated carbocycles. The Hall–Kier alpha value is -2.80. The molecule has 0 spiro atoms. The fourth-order valence-corrected chi connectivity index (χ4v) is 3.08. The second-order valence-corrected chi connectivity index (χ2v) is 6.82. The van der Waals surface area contributed by atoms with E-state index in [0.29, 0.717) is 5.03 Å². The van der Waals surface area contributed by atoms with Crippen LogP contribution in [-0.2, 0) is 17.4 Å². The van der Waals surface area contributed by atoms with Crippen LogP contribution in [0.4, 0.5) is 24.9 Å². The molecule has 0 bridgehead atoms. The molecule has 10 heteroatoms. The number of ketones is 1. The zero-order chi connectivity index (χ0) is 21.1. The van der Waals surface area contributed by atoms with Gasteiger partial charge >= 0.3 is 6.18 Å². The Labute approximate surface area is 164 Å². The highest BCUT2D eigenvalue weighted by Gasteiger charge is 2.31. The zero-order valence-corrected chi connectivity index (χ0v) is 16.2. The number of aromatic nitrogens is 2. The summed E-state index contributed by atoms with van der Waals surface area (Å²) in [6, 6.07) is 5.91. The van der Waals surface area contributed by atoms with Crippen molar-refractivity contribution in [1.29, 1.82) is 5.26 Å². The Morgan fingerprint density at radius 3 is 2.64 bits per heavy atom. The smallest absolute Gasteiger partial charge is 0.368 e. The van der Waals surface area contributed by atoms with E-state index in [9.17, 15) is 23.2 Å². The second kappa shape index (κ2) is 8.48. The SMILES string of the molecule is CSc1nc(N)nc(N(C)[C@@H](C)C(=O)Cc2cccc(C(F)(F)F)c2)c1C#N. The van der Waals surface area contributed by atoms with Crippen LogP contribution in [0.1, 0.15) is 23.6 Å². The number of nitrogens with two attached hydrogens (primary N) is 1. The molecule has 0 radical (unpaired) electrons. The van der Waals surface area contributed by atoms with Crippen LogP contribution in [0.3, 0.4) is 0 Å². The van der Waals surface area contributed by atoms with Crippen molar-refractivity contribution < 1.29 is 18.0 Å². The van der Waals surface area contributed by atoms with Gasteiger partial charge in [0.1, 0.15) is 16.7 Å². The number of halogens is 3. The number of anilines is 2. The molecule has 28 heavy (non-hydrogen) atoms. The summed E-state index contributed by atoms with van der Waals surface area (Å²) in [5.74, 6) is -0.166. The number of carbonyl (C=O) groups is 1. The zero-order valence-electron chi connectivity index (χ0n) is 15.4. The molecule has 0 aliphatic carbocycles. The Morgan fingerprint density at radius 1 is 1.39 bits per heavy atom. The molecule has 6 nitrogen and oxygen atoms in total. The largest absolute Gasteiger partial charge is 0.416 e. The van der Waals surface area contributed by atoms with Crippen molar-refractivity contribution in [3.63, 3.8) is 0 Å². The van der Waals surface area contributed by atoms with Gasteiger partial charge in [-0.3, -0.25) is 4.79 Å². The highest BCUT2D eigenvalue weighted by molar-refractivity contribution is 7.98. The fraction of sp³-hybridized carbons (Fsp3) is 0.333. The molecule has 0 unspecified atom stereocenters. The van der Waals surface area contributed by atoms with E-state index in [1.807, 2.05) is 6.07 Å². The predicted octanol–water partition coefficient (Wildman–Crippen LogP) is 3.31. The molecule has 2 N–H and O–H groups in total. The quantitative estimate of drug-likeness (QED) is 0.578. The Bertz CT molecular complexity index is 926. The standard InChI is InChI=1S/C18H18F3N5OS/c1-10(14(27)8-11-5-4-6-12(7-11)18(19,20)21)26(2)15-13(9-22)16(28-3)25-17(23)24-15/h4-7,10H,8H2,1-3H3,(H2,23,24,25)/t10-/m0/s1. The number of hydrogen-bond donors (Lipinski definition) is 1. The number of Topliss-reactive ketones (excluding diaryl/α,β-unsaturated/α-hetero) is 1. The van der Waals surface area contributed by atoms with Crippen molar-refractivity contribution in [2.24, 2.45) is 0 Å². The minimum atomic E-state index is -4.48. The molecule has 1 heterocycles. The Balaban J connectivity index is 2.27. The molecule has 0 fully saturated rings. The molecule has 1 aromatic heterocycles. The van der Waals surface area contributed by atoms with Gasteiger partial charge in [0.15, 0.2) is 11.6 Å². The van der Waals surface area contributed by atoms with E-state index in [-0.39, 0.29) is 35.1 Å². The van der Waals surface area contributed by atoms with Crippen molar-refractivity contribution in [2.75, 3.05) is 23.9 Å². The third-order valence-corrected chi connectivity index (χ3v) is 4.87. The van der Waals surface area contributed by atoms with Crippen LogP contribution < -0.4 is 10.6 Å². The van der Waals surface area contributed by atoms with Gasteiger partial charge in [-0.05, 0) is 24.8 Å². The van der Waals surface area contributed by atoms with Gasteiger partial charge in [0.25, 0.3) is 0 Å². The van der Waals surface area contributed by atoms with Gasteiger partial charge in [-0.1, -0.05) is 18.2 Å². The van der Waals surface area contributed by atoms with Gasteiger partial charge in [0.05, 0.1) is 11.6 Å². The summed E-state index contributed by atoms with van der Waals surface area (Å²) in [6.45, 7) is 1.59. The highest BCUT2D eigenvalue weighted by atomic mass is 32.2. The molecule has 2 rings (SSSR count). The highest BCUT2D eigenvalue weighted by Crippen LogP contribution is 2.30. The number of carbonyl (C=O) groups excluding carboxylic acids is 1. The molecule has 0 amide bonds. The Kier molecular flexibility index (Phi) is 6.51. The third-order valence-electron chi connectivity index (χ3n) is 4.19. The number of thioether (sulfide) groups is 1. The van der Waals surface area contributed by atoms with Crippen LogP contribution >= 0.6 is 11.8 Å². The molecule has 0 aliphatic heterocycles. The summed E-state index contributed by atoms with van der Waals surface area (Å²) < 4.78 is 38.6. The molecule has 0 aliphatic rings. The Morgan fingerprint density at radius 2 is 2.07 bits per heavy atom. The molecule has 2 aromatic rings. The van der Waals surface area contributed by atoms with E-state index in [0.717, 1.165) is 12.1 Å². The molecule has 148 valence electrons. The van der Waals surface area contributed by atoms with Crippen LogP contribution in [0, 0.1) is 11.3 Å². The number of rotatable bonds is 6. The van der Waals surface area contributed by atoms with Crippen LogP contribution in [0.25, 0.3) is 0 Å². The maximum atomic E-state index is 12.9. The number of hydrogen-bond acceptors (Lipinski definition) is 7. The van der Waals surface area contributed by atoms with Gasteiger partial charge in [0.2, 0.25) is 5.95 Å². The minimum absolute atomic E-state index is 0.0391. The topological polar surface area (TPSA) is 95.9 Å². The number of benzene rings is 1. The summed E-state index contributed by atoms with van der Waals surface area (Å²) >= 11 is 1.22. The first-order chi connectivity index (χ1) is 13.1. The van der Waals surface area contributed by atoms with Crippen LogP contribution in [0.15, 0.2) is 29.3 Å². The average molecular weight is 409 g/mol. The van der Waals surface area contributed by atoms with E-state index in [2.05, 4.69) is 9.97 Å². The number of nitriles is 1. The van der Waals surface area contributed by atoms with Gasteiger partial charge in [0, 0.05) is 13.5 Å². The summed E-state index contributed by atoms with van der Waals surface area (Å²) in [6.07, 6.45) is -2.93. The van der Waals surface area contributed by atoms with E-state index in [1.54, 1.807) is 20.2 Å². The second-order valence-electron chi connectivity index (χ2n) is 6.03. The van der Waals surface area contributed by atoms with Crippen LogP contribution in [0.2, 0.25) is 0 Å². The number of nitrogens with zero attached hydrogens (tertiary/aromatic N) is 4.